The molecular formula is C16H22N4O. The predicted octanol–water partition coefficient (Wildman–Crippen LogP) is 2.57. The standard InChI is InChI=1S/C16H22N4O/c1-20-16(17)15(13-7-2-4-10-18-13)14(19-20)9-8-12-6-3-5-11-21-12/h2,4,7,10,12H,3,5-6,8-9,11,17H2,1H3. The molecule has 21 heavy (non-hydrogen) atoms. The second kappa shape index (κ2) is 6.26. The molecule has 1 aliphatic rings. The first-order valence-electron chi connectivity index (χ1n) is 7.60. The lowest BCUT2D eigenvalue weighted by Gasteiger charge is -2.22. The van der Waals surface area contributed by atoms with Crippen LogP contribution < -0.4 is 5.73 Å². The van der Waals surface area contributed by atoms with Crippen molar-refractivity contribution in [2.75, 3.05) is 12.3 Å². The van der Waals surface area contributed by atoms with E-state index < -0.39 is 0 Å². The highest BCUT2D eigenvalue weighted by atomic mass is 16.5. The van der Waals surface area contributed by atoms with E-state index in [4.69, 9.17) is 10.5 Å². The Labute approximate surface area is 125 Å². The monoisotopic (exact) mass is 286 g/mol. The number of ether oxygens (including phenoxy) is 1. The summed E-state index contributed by atoms with van der Waals surface area (Å²) >= 11 is 0. The van der Waals surface area contributed by atoms with Gasteiger partial charge in [-0.1, -0.05) is 6.07 Å². The molecule has 2 N–H and O–H groups in total. The summed E-state index contributed by atoms with van der Waals surface area (Å²) in [7, 11) is 1.88. The maximum atomic E-state index is 6.17. The molecule has 3 heterocycles. The topological polar surface area (TPSA) is 66.0 Å². The normalized spacial score (nSPS) is 18.8. The summed E-state index contributed by atoms with van der Waals surface area (Å²) in [4.78, 5) is 4.41. The zero-order valence-corrected chi connectivity index (χ0v) is 12.5. The molecule has 1 aliphatic heterocycles. The second-order valence-corrected chi connectivity index (χ2v) is 5.57. The molecule has 0 spiro atoms. The summed E-state index contributed by atoms with van der Waals surface area (Å²) < 4.78 is 7.54. The van der Waals surface area contributed by atoms with Gasteiger partial charge < -0.3 is 10.5 Å². The van der Waals surface area contributed by atoms with Crippen LogP contribution in [0.4, 0.5) is 5.82 Å². The summed E-state index contributed by atoms with van der Waals surface area (Å²) in [5.41, 5.74) is 9.05. The fourth-order valence-electron chi connectivity index (χ4n) is 2.89. The van der Waals surface area contributed by atoms with Crippen molar-refractivity contribution in [3.8, 4) is 11.3 Å². The van der Waals surface area contributed by atoms with Crippen molar-refractivity contribution < 1.29 is 4.74 Å². The fraction of sp³-hybridized carbons (Fsp3) is 0.500. The maximum Gasteiger partial charge on any atom is 0.131 e. The summed E-state index contributed by atoms with van der Waals surface area (Å²) in [5, 5.41) is 4.57. The van der Waals surface area contributed by atoms with E-state index >= 15 is 0 Å². The third-order valence-corrected chi connectivity index (χ3v) is 4.06. The molecule has 0 aromatic carbocycles. The van der Waals surface area contributed by atoms with E-state index in [0.29, 0.717) is 11.9 Å². The van der Waals surface area contributed by atoms with Gasteiger partial charge in [0.25, 0.3) is 0 Å². The Bertz CT molecular complexity index is 588. The molecule has 0 radical (unpaired) electrons. The zero-order valence-electron chi connectivity index (χ0n) is 12.5. The number of nitrogen functional groups attached to an aromatic ring is 1. The van der Waals surface area contributed by atoms with Crippen molar-refractivity contribution in [1.82, 2.24) is 14.8 Å². The van der Waals surface area contributed by atoms with Crippen molar-refractivity contribution >= 4 is 5.82 Å². The van der Waals surface area contributed by atoms with Crippen LogP contribution in [0, 0.1) is 0 Å². The Morgan fingerprint density at radius 2 is 2.29 bits per heavy atom. The van der Waals surface area contributed by atoms with E-state index in [2.05, 4.69) is 10.1 Å². The van der Waals surface area contributed by atoms with Gasteiger partial charge in [0, 0.05) is 19.9 Å². The molecule has 2 aromatic heterocycles. The Morgan fingerprint density at radius 3 is 3.00 bits per heavy atom. The number of hydrogen-bond donors (Lipinski definition) is 1. The van der Waals surface area contributed by atoms with E-state index in [1.807, 2.05) is 25.2 Å². The molecule has 2 aromatic rings. The molecule has 5 heteroatoms. The summed E-state index contributed by atoms with van der Waals surface area (Å²) in [5.74, 6) is 0.674. The van der Waals surface area contributed by atoms with E-state index in [1.54, 1.807) is 10.9 Å². The van der Waals surface area contributed by atoms with Crippen molar-refractivity contribution in [2.45, 2.75) is 38.2 Å². The van der Waals surface area contributed by atoms with Crippen LogP contribution in [0.15, 0.2) is 24.4 Å². The van der Waals surface area contributed by atoms with Crippen molar-refractivity contribution in [2.24, 2.45) is 7.05 Å². The van der Waals surface area contributed by atoms with Crippen LogP contribution in [0.1, 0.15) is 31.4 Å². The average molecular weight is 286 g/mol. The number of nitrogens with zero attached hydrogens (tertiary/aromatic N) is 3. The average Bonchev–Trinajstić information content (AvgIpc) is 2.82. The SMILES string of the molecule is Cn1nc(CCC2CCCCO2)c(-c2ccccn2)c1N. The van der Waals surface area contributed by atoms with Gasteiger partial charge in [-0.3, -0.25) is 9.67 Å². The first-order chi connectivity index (χ1) is 10.3. The van der Waals surface area contributed by atoms with Crippen LogP contribution in [0.2, 0.25) is 0 Å². The minimum atomic E-state index is 0.360. The van der Waals surface area contributed by atoms with Gasteiger partial charge >= 0.3 is 0 Å². The van der Waals surface area contributed by atoms with E-state index in [1.165, 1.54) is 12.8 Å². The highest BCUT2D eigenvalue weighted by Gasteiger charge is 2.19. The molecule has 5 nitrogen and oxygen atoms in total. The van der Waals surface area contributed by atoms with Crippen LogP contribution in [0.25, 0.3) is 11.3 Å². The first kappa shape index (κ1) is 14.1. The van der Waals surface area contributed by atoms with Gasteiger partial charge in [0.05, 0.1) is 23.1 Å². The molecule has 0 bridgehead atoms. The second-order valence-electron chi connectivity index (χ2n) is 5.57. The first-order valence-corrected chi connectivity index (χ1v) is 7.60. The summed E-state index contributed by atoms with van der Waals surface area (Å²) in [6.45, 7) is 0.891. The minimum Gasteiger partial charge on any atom is -0.383 e. The Morgan fingerprint density at radius 1 is 1.38 bits per heavy atom. The smallest absolute Gasteiger partial charge is 0.131 e. The van der Waals surface area contributed by atoms with Gasteiger partial charge in [0.2, 0.25) is 0 Å². The zero-order chi connectivity index (χ0) is 14.7. The largest absolute Gasteiger partial charge is 0.383 e. The maximum absolute atomic E-state index is 6.17. The highest BCUT2D eigenvalue weighted by molar-refractivity contribution is 5.73. The number of pyridine rings is 1. The Kier molecular flexibility index (Phi) is 4.20. The molecule has 0 aliphatic carbocycles. The lowest BCUT2D eigenvalue weighted by atomic mass is 10.0. The van der Waals surface area contributed by atoms with Gasteiger partial charge in [-0.25, -0.2) is 0 Å². The molecule has 1 unspecified atom stereocenters. The number of rotatable bonds is 4. The lowest BCUT2D eigenvalue weighted by molar-refractivity contribution is 0.0113. The fourth-order valence-corrected chi connectivity index (χ4v) is 2.89. The van der Waals surface area contributed by atoms with Gasteiger partial charge in [-0.05, 0) is 44.2 Å². The van der Waals surface area contributed by atoms with Crippen LogP contribution in [0.5, 0.6) is 0 Å². The molecule has 112 valence electrons. The van der Waals surface area contributed by atoms with Gasteiger partial charge in [-0.2, -0.15) is 5.10 Å². The van der Waals surface area contributed by atoms with Gasteiger partial charge in [0.15, 0.2) is 0 Å². The van der Waals surface area contributed by atoms with Crippen molar-refractivity contribution in [3.63, 3.8) is 0 Å². The summed E-state index contributed by atoms with van der Waals surface area (Å²) in [6.07, 6.45) is 7.63. The number of aryl methyl sites for hydroxylation is 2. The lowest BCUT2D eigenvalue weighted by Crippen LogP contribution is -2.19. The molecule has 1 fully saturated rings. The third-order valence-electron chi connectivity index (χ3n) is 4.06. The highest BCUT2D eigenvalue weighted by Crippen LogP contribution is 2.29. The van der Waals surface area contributed by atoms with Crippen LogP contribution >= 0.6 is 0 Å². The van der Waals surface area contributed by atoms with Gasteiger partial charge in [-0.15, -0.1) is 0 Å². The van der Waals surface area contributed by atoms with E-state index in [-0.39, 0.29) is 0 Å². The summed E-state index contributed by atoms with van der Waals surface area (Å²) in [6, 6.07) is 5.86. The molecule has 0 saturated carbocycles. The predicted molar refractivity (Wildman–Crippen MR) is 82.8 cm³/mol. The molecule has 1 atom stereocenters. The van der Waals surface area contributed by atoms with E-state index in [0.717, 1.165) is 42.8 Å². The van der Waals surface area contributed by atoms with Crippen molar-refractivity contribution in [3.05, 3.63) is 30.1 Å². The van der Waals surface area contributed by atoms with Crippen molar-refractivity contribution in [1.29, 1.82) is 0 Å². The number of aromatic nitrogens is 3. The Balaban J connectivity index is 1.80. The molecule has 3 rings (SSSR count). The third kappa shape index (κ3) is 3.08. The molecular weight excluding hydrogens is 264 g/mol. The molecule has 0 amide bonds. The van der Waals surface area contributed by atoms with Crippen LogP contribution in [-0.4, -0.2) is 27.5 Å². The van der Waals surface area contributed by atoms with E-state index in [9.17, 15) is 0 Å². The minimum absolute atomic E-state index is 0.360. The van der Waals surface area contributed by atoms with Crippen LogP contribution in [0.3, 0.4) is 0 Å². The van der Waals surface area contributed by atoms with Crippen LogP contribution in [-0.2, 0) is 18.2 Å². The number of anilines is 1. The quantitative estimate of drug-likeness (QED) is 0.938. The number of nitrogens with two attached hydrogens (primary N) is 1. The Hall–Kier alpha value is -1.88. The number of hydrogen-bond acceptors (Lipinski definition) is 4. The molecule has 1 saturated heterocycles. The van der Waals surface area contributed by atoms with Gasteiger partial charge in [0.1, 0.15) is 5.82 Å².